The highest BCUT2D eigenvalue weighted by Gasteiger charge is 2.15. The number of nitrogens with zero attached hydrogens (tertiary/aromatic N) is 2. The fourth-order valence-corrected chi connectivity index (χ4v) is 3.18. The Bertz CT molecular complexity index is 444. The standard InChI is InChI=1S/C18H31N3S/c1-15(19-22-18(2,3)4)17-8-6-16(7-9-17)14-21-12-10-20(5)11-13-21/h6-9,15,19H,10-14H2,1-5H3/t15-/m0/s1. The molecule has 1 fully saturated rings. The van der Waals surface area contributed by atoms with E-state index in [9.17, 15) is 0 Å². The summed E-state index contributed by atoms with van der Waals surface area (Å²) in [7, 11) is 2.20. The highest BCUT2D eigenvalue weighted by Crippen LogP contribution is 2.24. The van der Waals surface area contributed by atoms with Gasteiger partial charge in [-0.05, 0) is 45.9 Å². The Kier molecular flexibility index (Phi) is 6.33. The number of rotatable bonds is 5. The summed E-state index contributed by atoms with van der Waals surface area (Å²) in [5.74, 6) is 0. The summed E-state index contributed by atoms with van der Waals surface area (Å²) in [6.45, 7) is 14.7. The van der Waals surface area contributed by atoms with Crippen LogP contribution in [0.2, 0.25) is 0 Å². The Morgan fingerprint density at radius 2 is 1.68 bits per heavy atom. The maximum absolute atomic E-state index is 3.55. The van der Waals surface area contributed by atoms with Crippen LogP contribution in [0.4, 0.5) is 0 Å². The van der Waals surface area contributed by atoms with Gasteiger partial charge in [0.05, 0.1) is 0 Å². The zero-order valence-electron chi connectivity index (χ0n) is 14.7. The minimum absolute atomic E-state index is 0.246. The third-order valence-corrected chi connectivity index (χ3v) is 5.11. The third kappa shape index (κ3) is 5.92. The van der Waals surface area contributed by atoms with E-state index in [1.165, 1.54) is 37.3 Å². The molecule has 1 aromatic rings. The summed E-state index contributed by atoms with van der Waals surface area (Å²) in [6, 6.07) is 9.49. The van der Waals surface area contributed by atoms with Gasteiger partial charge in [-0.3, -0.25) is 9.62 Å². The zero-order valence-corrected chi connectivity index (χ0v) is 15.5. The Morgan fingerprint density at radius 3 is 2.23 bits per heavy atom. The van der Waals surface area contributed by atoms with Crippen LogP contribution in [-0.4, -0.2) is 47.8 Å². The molecule has 0 aromatic heterocycles. The van der Waals surface area contributed by atoms with Crippen LogP contribution in [0.1, 0.15) is 44.9 Å². The molecule has 1 aromatic carbocycles. The predicted molar refractivity (Wildman–Crippen MR) is 98.1 cm³/mol. The molecule has 1 atom stereocenters. The molecule has 0 saturated carbocycles. The van der Waals surface area contributed by atoms with E-state index in [2.05, 4.69) is 73.5 Å². The van der Waals surface area contributed by atoms with E-state index in [-0.39, 0.29) is 4.75 Å². The van der Waals surface area contributed by atoms with Crippen molar-refractivity contribution in [3.8, 4) is 0 Å². The van der Waals surface area contributed by atoms with Crippen molar-refractivity contribution in [3.05, 3.63) is 35.4 Å². The SMILES string of the molecule is C[C@H](NSC(C)(C)C)c1ccc(CN2CCN(C)CC2)cc1. The van der Waals surface area contributed by atoms with Gasteiger partial charge in [-0.25, -0.2) is 0 Å². The van der Waals surface area contributed by atoms with Crippen LogP contribution in [0.25, 0.3) is 0 Å². The quantitative estimate of drug-likeness (QED) is 0.836. The van der Waals surface area contributed by atoms with E-state index in [1.54, 1.807) is 11.9 Å². The summed E-state index contributed by atoms with van der Waals surface area (Å²) in [6.07, 6.45) is 0. The van der Waals surface area contributed by atoms with Gasteiger partial charge in [0.15, 0.2) is 0 Å². The van der Waals surface area contributed by atoms with Gasteiger partial charge in [0, 0.05) is 43.5 Å². The van der Waals surface area contributed by atoms with Gasteiger partial charge in [-0.1, -0.05) is 36.2 Å². The molecule has 1 heterocycles. The van der Waals surface area contributed by atoms with Crippen LogP contribution in [0.15, 0.2) is 24.3 Å². The normalized spacial score (nSPS) is 19.3. The fraction of sp³-hybridized carbons (Fsp3) is 0.667. The molecular formula is C18H31N3S. The van der Waals surface area contributed by atoms with Gasteiger partial charge in [-0.15, -0.1) is 0 Å². The molecule has 0 bridgehead atoms. The van der Waals surface area contributed by atoms with Gasteiger partial charge in [0.2, 0.25) is 0 Å². The Balaban J connectivity index is 1.84. The predicted octanol–water partition coefficient (Wildman–Crippen LogP) is 3.53. The molecule has 3 nitrogen and oxygen atoms in total. The Labute approximate surface area is 140 Å². The van der Waals surface area contributed by atoms with Crippen molar-refractivity contribution in [2.45, 2.75) is 45.0 Å². The van der Waals surface area contributed by atoms with E-state index in [1.807, 2.05) is 0 Å². The first kappa shape index (κ1) is 17.8. The molecule has 0 spiro atoms. The maximum Gasteiger partial charge on any atom is 0.0393 e. The van der Waals surface area contributed by atoms with E-state index < -0.39 is 0 Å². The summed E-state index contributed by atoms with van der Waals surface area (Å²) in [5.41, 5.74) is 2.78. The van der Waals surface area contributed by atoms with Gasteiger partial charge in [0.25, 0.3) is 0 Å². The first-order valence-electron chi connectivity index (χ1n) is 8.27. The lowest BCUT2D eigenvalue weighted by Crippen LogP contribution is -2.43. The molecule has 0 unspecified atom stereocenters. The maximum atomic E-state index is 3.55. The molecule has 22 heavy (non-hydrogen) atoms. The highest BCUT2D eigenvalue weighted by molar-refractivity contribution is 7.98. The molecular weight excluding hydrogens is 290 g/mol. The van der Waals surface area contributed by atoms with Crippen molar-refractivity contribution in [2.75, 3.05) is 33.2 Å². The molecule has 0 aliphatic carbocycles. The van der Waals surface area contributed by atoms with Crippen LogP contribution in [0.3, 0.4) is 0 Å². The molecule has 0 amide bonds. The third-order valence-electron chi connectivity index (χ3n) is 4.02. The Morgan fingerprint density at radius 1 is 1.09 bits per heavy atom. The number of nitrogens with one attached hydrogen (secondary N) is 1. The number of piperazine rings is 1. The molecule has 1 aliphatic rings. The summed E-state index contributed by atoms with van der Waals surface area (Å²) >= 11 is 1.81. The molecule has 0 radical (unpaired) electrons. The molecule has 1 N–H and O–H groups in total. The summed E-state index contributed by atoms with van der Waals surface area (Å²) < 4.78 is 3.79. The average Bonchev–Trinajstić information content (AvgIpc) is 2.47. The van der Waals surface area contributed by atoms with Crippen molar-refractivity contribution in [1.82, 2.24) is 14.5 Å². The lowest BCUT2D eigenvalue weighted by atomic mass is 10.1. The molecule has 1 saturated heterocycles. The van der Waals surface area contributed by atoms with Gasteiger partial charge < -0.3 is 4.90 Å². The second-order valence-corrected chi connectivity index (χ2v) is 9.04. The van der Waals surface area contributed by atoms with Gasteiger partial charge >= 0.3 is 0 Å². The van der Waals surface area contributed by atoms with E-state index in [0.29, 0.717) is 6.04 Å². The topological polar surface area (TPSA) is 18.5 Å². The molecule has 1 aliphatic heterocycles. The first-order valence-corrected chi connectivity index (χ1v) is 9.08. The highest BCUT2D eigenvalue weighted by atomic mass is 32.2. The van der Waals surface area contributed by atoms with E-state index in [4.69, 9.17) is 0 Å². The van der Waals surface area contributed by atoms with Crippen molar-refractivity contribution in [3.63, 3.8) is 0 Å². The van der Waals surface area contributed by atoms with Crippen molar-refractivity contribution >= 4 is 11.9 Å². The zero-order chi connectivity index (χ0) is 16.2. The number of likely N-dealkylation sites (N-methyl/N-ethyl adjacent to an activating group) is 1. The van der Waals surface area contributed by atoms with Gasteiger partial charge in [-0.2, -0.15) is 0 Å². The fourth-order valence-electron chi connectivity index (χ4n) is 2.51. The van der Waals surface area contributed by atoms with Crippen LogP contribution in [0, 0.1) is 0 Å². The van der Waals surface area contributed by atoms with E-state index in [0.717, 1.165) is 6.54 Å². The summed E-state index contributed by atoms with van der Waals surface area (Å²) in [5, 5.41) is 0. The minimum atomic E-state index is 0.246. The first-order chi connectivity index (χ1) is 10.3. The smallest absolute Gasteiger partial charge is 0.0393 e. The largest absolute Gasteiger partial charge is 0.304 e. The van der Waals surface area contributed by atoms with Crippen molar-refractivity contribution in [1.29, 1.82) is 0 Å². The number of hydrogen-bond donors (Lipinski definition) is 1. The second-order valence-electron chi connectivity index (χ2n) is 7.37. The summed E-state index contributed by atoms with van der Waals surface area (Å²) in [4.78, 5) is 4.95. The van der Waals surface area contributed by atoms with Crippen LogP contribution in [0.5, 0.6) is 0 Å². The lowest BCUT2D eigenvalue weighted by molar-refractivity contribution is 0.148. The van der Waals surface area contributed by atoms with Crippen LogP contribution >= 0.6 is 11.9 Å². The van der Waals surface area contributed by atoms with Crippen molar-refractivity contribution in [2.24, 2.45) is 0 Å². The van der Waals surface area contributed by atoms with Crippen LogP contribution < -0.4 is 4.72 Å². The van der Waals surface area contributed by atoms with Crippen molar-refractivity contribution < 1.29 is 0 Å². The average molecular weight is 322 g/mol. The monoisotopic (exact) mass is 321 g/mol. The van der Waals surface area contributed by atoms with E-state index >= 15 is 0 Å². The van der Waals surface area contributed by atoms with Gasteiger partial charge in [0.1, 0.15) is 0 Å². The molecule has 2 rings (SSSR count). The Hall–Kier alpha value is -0.550. The number of hydrogen-bond acceptors (Lipinski definition) is 4. The lowest BCUT2D eigenvalue weighted by Gasteiger charge is -2.32. The molecule has 4 heteroatoms. The minimum Gasteiger partial charge on any atom is -0.304 e. The molecule has 124 valence electrons. The van der Waals surface area contributed by atoms with Crippen LogP contribution in [-0.2, 0) is 6.54 Å². The second kappa shape index (κ2) is 7.82. The number of benzene rings is 1.